The number of hydrogen-bond acceptors (Lipinski definition) is 5. The van der Waals surface area contributed by atoms with E-state index in [9.17, 15) is 9.59 Å². The molecule has 1 unspecified atom stereocenters. The van der Waals surface area contributed by atoms with E-state index in [0.717, 1.165) is 11.1 Å². The zero-order valence-corrected chi connectivity index (χ0v) is 19.0. The Kier molecular flexibility index (Phi) is 5.94. The van der Waals surface area contributed by atoms with Crippen LogP contribution in [0.5, 0.6) is 0 Å². The SMILES string of the molecule is CCOC(=O)C1=C(C)N=c2sc(=Cc3ccc(C)cc3)c(=O)n2C1c1ccccc1Cl. The van der Waals surface area contributed by atoms with Gasteiger partial charge in [-0.1, -0.05) is 71.0 Å². The van der Waals surface area contributed by atoms with Gasteiger partial charge in [-0.2, -0.15) is 0 Å². The molecule has 0 spiro atoms. The highest BCUT2D eigenvalue weighted by atomic mass is 35.5. The third kappa shape index (κ3) is 4.01. The molecule has 2 heterocycles. The molecule has 0 aliphatic carbocycles. The normalized spacial score (nSPS) is 16.1. The van der Waals surface area contributed by atoms with Crippen LogP contribution in [0.3, 0.4) is 0 Å². The largest absolute Gasteiger partial charge is 0.463 e. The molecule has 0 N–H and O–H groups in total. The van der Waals surface area contributed by atoms with Gasteiger partial charge in [0.25, 0.3) is 5.56 Å². The van der Waals surface area contributed by atoms with Crippen LogP contribution in [0, 0.1) is 6.92 Å². The van der Waals surface area contributed by atoms with Crippen LogP contribution in [-0.4, -0.2) is 17.1 Å². The molecular formula is C24H21ClN2O3S. The molecule has 0 amide bonds. The molecule has 31 heavy (non-hydrogen) atoms. The first-order valence-corrected chi connectivity index (χ1v) is 11.1. The van der Waals surface area contributed by atoms with Crippen molar-refractivity contribution in [3.8, 4) is 0 Å². The first-order chi connectivity index (χ1) is 14.9. The van der Waals surface area contributed by atoms with Gasteiger partial charge in [0, 0.05) is 5.02 Å². The van der Waals surface area contributed by atoms with E-state index in [0.29, 0.717) is 31.2 Å². The van der Waals surface area contributed by atoms with Gasteiger partial charge >= 0.3 is 5.97 Å². The summed E-state index contributed by atoms with van der Waals surface area (Å²) in [6.07, 6.45) is 1.84. The number of nitrogens with zero attached hydrogens (tertiary/aromatic N) is 2. The summed E-state index contributed by atoms with van der Waals surface area (Å²) in [6.45, 7) is 5.74. The molecule has 158 valence electrons. The summed E-state index contributed by atoms with van der Waals surface area (Å²) >= 11 is 7.79. The predicted molar refractivity (Wildman–Crippen MR) is 123 cm³/mol. The molecule has 1 atom stereocenters. The molecular weight excluding hydrogens is 432 g/mol. The number of aryl methyl sites for hydroxylation is 1. The maximum Gasteiger partial charge on any atom is 0.338 e. The summed E-state index contributed by atoms with van der Waals surface area (Å²) in [6, 6.07) is 14.4. The van der Waals surface area contributed by atoms with Crippen molar-refractivity contribution in [1.82, 2.24) is 4.57 Å². The minimum atomic E-state index is -0.704. The summed E-state index contributed by atoms with van der Waals surface area (Å²) in [5.41, 5.74) is 3.35. The van der Waals surface area contributed by atoms with Crippen LogP contribution in [0.15, 0.2) is 69.6 Å². The molecule has 3 aromatic rings. The van der Waals surface area contributed by atoms with Crippen LogP contribution in [0.4, 0.5) is 0 Å². The van der Waals surface area contributed by atoms with Gasteiger partial charge in [-0.25, -0.2) is 9.79 Å². The van der Waals surface area contributed by atoms with Crippen molar-refractivity contribution in [2.75, 3.05) is 6.61 Å². The molecule has 7 heteroatoms. The summed E-state index contributed by atoms with van der Waals surface area (Å²) in [5.74, 6) is -0.499. The quantitative estimate of drug-likeness (QED) is 0.566. The van der Waals surface area contributed by atoms with Crippen LogP contribution >= 0.6 is 22.9 Å². The lowest BCUT2D eigenvalue weighted by Crippen LogP contribution is -2.40. The number of esters is 1. The Morgan fingerprint density at radius 3 is 2.58 bits per heavy atom. The molecule has 0 saturated heterocycles. The minimum absolute atomic E-state index is 0.219. The number of hydrogen-bond donors (Lipinski definition) is 0. The Hall–Kier alpha value is -2.96. The van der Waals surface area contributed by atoms with Crippen molar-refractivity contribution >= 4 is 35.0 Å². The second kappa shape index (κ2) is 8.65. The molecule has 1 aromatic heterocycles. The Balaban J connectivity index is 1.97. The predicted octanol–water partition coefficient (Wildman–Crippen LogP) is 3.76. The lowest BCUT2D eigenvalue weighted by atomic mass is 9.96. The fourth-order valence-corrected chi connectivity index (χ4v) is 4.88. The Morgan fingerprint density at radius 2 is 1.90 bits per heavy atom. The standard InChI is InChI=1S/C24H21ClN2O3S/c1-4-30-23(29)20-15(3)26-24-27(21(20)17-7-5-6-8-18(17)25)22(28)19(31-24)13-16-11-9-14(2)10-12-16/h5-13,21H,4H2,1-3H3. The van der Waals surface area contributed by atoms with Gasteiger partial charge in [0.2, 0.25) is 0 Å². The van der Waals surface area contributed by atoms with E-state index in [2.05, 4.69) is 4.99 Å². The van der Waals surface area contributed by atoms with Gasteiger partial charge < -0.3 is 4.74 Å². The van der Waals surface area contributed by atoms with Crippen molar-refractivity contribution in [3.63, 3.8) is 0 Å². The monoisotopic (exact) mass is 452 g/mol. The lowest BCUT2D eigenvalue weighted by Gasteiger charge is -2.25. The highest BCUT2D eigenvalue weighted by Crippen LogP contribution is 2.34. The third-order valence-electron chi connectivity index (χ3n) is 5.09. The number of carbonyl (C=O) groups excluding carboxylic acids is 1. The van der Waals surface area contributed by atoms with Gasteiger partial charge in [-0.05, 0) is 44.0 Å². The first kappa shape index (κ1) is 21.3. The number of halogens is 1. The number of allylic oxidation sites excluding steroid dienone is 1. The topological polar surface area (TPSA) is 60.7 Å². The average Bonchev–Trinajstić information content (AvgIpc) is 3.04. The Bertz CT molecular complexity index is 1370. The van der Waals surface area contributed by atoms with E-state index in [1.54, 1.807) is 24.5 Å². The molecule has 2 aromatic carbocycles. The maximum atomic E-state index is 13.5. The zero-order chi connectivity index (χ0) is 22.1. The maximum absolute atomic E-state index is 13.5. The minimum Gasteiger partial charge on any atom is -0.463 e. The number of aromatic nitrogens is 1. The van der Waals surface area contributed by atoms with Gasteiger partial charge in [-0.3, -0.25) is 9.36 Å². The van der Waals surface area contributed by atoms with Crippen molar-refractivity contribution in [1.29, 1.82) is 0 Å². The van der Waals surface area contributed by atoms with Crippen molar-refractivity contribution in [2.45, 2.75) is 26.8 Å². The molecule has 1 aliphatic rings. The first-order valence-electron chi connectivity index (χ1n) is 9.91. The third-order valence-corrected chi connectivity index (χ3v) is 6.42. The van der Waals surface area contributed by atoms with Crippen LogP contribution in [0.1, 0.15) is 36.6 Å². The van der Waals surface area contributed by atoms with E-state index >= 15 is 0 Å². The van der Waals surface area contributed by atoms with Gasteiger partial charge in [0.05, 0.1) is 22.4 Å². The number of ether oxygens (including phenoxy) is 1. The van der Waals surface area contributed by atoms with Crippen LogP contribution in [0.2, 0.25) is 5.02 Å². The average molecular weight is 453 g/mol. The molecule has 0 bridgehead atoms. The van der Waals surface area contributed by atoms with Gasteiger partial charge in [0.15, 0.2) is 4.80 Å². The van der Waals surface area contributed by atoms with Gasteiger partial charge in [0.1, 0.15) is 6.04 Å². The second-order valence-electron chi connectivity index (χ2n) is 7.23. The molecule has 4 rings (SSSR count). The molecule has 5 nitrogen and oxygen atoms in total. The number of rotatable bonds is 4. The molecule has 1 aliphatic heterocycles. The summed E-state index contributed by atoms with van der Waals surface area (Å²) in [5, 5.41) is 0.470. The van der Waals surface area contributed by atoms with Crippen molar-refractivity contribution in [2.24, 2.45) is 4.99 Å². The van der Waals surface area contributed by atoms with E-state index in [-0.39, 0.29) is 12.2 Å². The summed E-state index contributed by atoms with van der Waals surface area (Å²) < 4.78 is 7.38. The van der Waals surface area contributed by atoms with Crippen LogP contribution < -0.4 is 14.9 Å². The van der Waals surface area contributed by atoms with E-state index < -0.39 is 12.0 Å². The Morgan fingerprint density at radius 1 is 1.19 bits per heavy atom. The molecule has 0 saturated carbocycles. The lowest BCUT2D eigenvalue weighted by molar-refractivity contribution is -0.139. The Labute approximate surface area is 188 Å². The van der Waals surface area contributed by atoms with E-state index in [4.69, 9.17) is 16.3 Å². The zero-order valence-electron chi connectivity index (χ0n) is 17.4. The highest BCUT2D eigenvalue weighted by Gasteiger charge is 2.34. The van der Waals surface area contributed by atoms with Crippen molar-refractivity contribution < 1.29 is 9.53 Å². The fourth-order valence-electron chi connectivity index (χ4n) is 3.60. The van der Waals surface area contributed by atoms with Crippen LogP contribution in [-0.2, 0) is 9.53 Å². The van der Waals surface area contributed by atoms with E-state index in [1.165, 1.54) is 11.3 Å². The second-order valence-corrected chi connectivity index (χ2v) is 8.65. The van der Waals surface area contributed by atoms with Crippen molar-refractivity contribution in [3.05, 3.63) is 101 Å². The van der Waals surface area contributed by atoms with Gasteiger partial charge in [-0.15, -0.1) is 0 Å². The number of fused-ring (bicyclic) bond motifs is 1. The number of benzene rings is 2. The molecule has 0 fully saturated rings. The molecule has 0 radical (unpaired) electrons. The smallest absolute Gasteiger partial charge is 0.338 e. The van der Waals surface area contributed by atoms with Crippen LogP contribution in [0.25, 0.3) is 6.08 Å². The number of thiazole rings is 1. The highest BCUT2D eigenvalue weighted by molar-refractivity contribution is 7.07. The fraction of sp³-hybridized carbons (Fsp3) is 0.208. The number of carbonyl (C=O) groups is 1. The summed E-state index contributed by atoms with van der Waals surface area (Å²) in [4.78, 5) is 31.4. The van der Waals surface area contributed by atoms with E-state index in [1.807, 2.05) is 55.5 Å². The summed E-state index contributed by atoms with van der Waals surface area (Å²) in [7, 11) is 0.